The Morgan fingerprint density at radius 2 is 1.90 bits per heavy atom. The lowest BCUT2D eigenvalue weighted by Crippen LogP contribution is -2.44. The van der Waals surface area contributed by atoms with Crippen molar-refractivity contribution in [2.75, 3.05) is 36.4 Å². The fourth-order valence-corrected chi connectivity index (χ4v) is 3.36. The molecule has 30 heavy (non-hydrogen) atoms. The molecular weight excluding hydrogens is 429 g/mol. The Morgan fingerprint density at radius 3 is 2.53 bits per heavy atom. The first-order chi connectivity index (χ1) is 14.4. The standard InChI is InChI=1S/C20H17Cl2N5O3/c21-15-2-1-3-16(10-15)26-8-6-25(7-9-26)13-14(12-23)20(28)24-19-11-17(27(29)30)4-5-18(19)22/h1-5,10-11,13H,6-9H2,(H,24,28)/b14-13-. The number of rotatable bonds is 5. The maximum Gasteiger partial charge on any atom is 0.271 e. The maximum absolute atomic E-state index is 12.5. The van der Waals surface area contributed by atoms with Crippen LogP contribution in [0.25, 0.3) is 0 Å². The van der Waals surface area contributed by atoms with Gasteiger partial charge in [-0.05, 0) is 24.3 Å². The van der Waals surface area contributed by atoms with Crippen LogP contribution in [0.15, 0.2) is 54.2 Å². The predicted octanol–water partition coefficient (Wildman–Crippen LogP) is 4.07. The van der Waals surface area contributed by atoms with Crippen molar-refractivity contribution >= 4 is 46.2 Å². The van der Waals surface area contributed by atoms with E-state index in [0.717, 1.165) is 11.8 Å². The molecule has 2 aromatic carbocycles. The van der Waals surface area contributed by atoms with E-state index in [4.69, 9.17) is 23.2 Å². The van der Waals surface area contributed by atoms with Crippen molar-refractivity contribution < 1.29 is 9.72 Å². The number of benzene rings is 2. The lowest BCUT2D eigenvalue weighted by Gasteiger charge is -2.35. The van der Waals surface area contributed by atoms with Gasteiger partial charge < -0.3 is 15.1 Å². The van der Waals surface area contributed by atoms with Crippen LogP contribution in [0, 0.1) is 21.4 Å². The summed E-state index contributed by atoms with van der Waals surface area (Å²) in [5.74, 6) is -0.683. The molecule has 0 aromatic heterocycles. The van der Waals surface area contributed by atoms with Crippen LogP contribution in [0.2, 0.25) is 10.0 Å². The van der Waals surface area contributed by atoms with Crippen molar-refractivity contribution in [1.29, 1.82) is 5.26 Å². The number of carbonyl (C=O) groups is 1. The zero-order chi connectivity index (χ0) is 21.7. The molecule has 10 heteroatoms. The number of amides is 1. The molecule has 8 nitrogen and oxygen atoms in total. The number of nitro benzene ring substituents is 1. The number of halogens is 2. The summed E-state index contributed by atoms with van der Waals surface area (Å²) in [6.07, 6.45) is 1.50. The zero-order valence-corrected chi connectivity index (χ0v) is 17.2. The molecule has 0 saturated carbocycles. The normalized spacial score (nSPS) is 14.2. The van der Waals surface area contributed by atoms with E-state index in [1.54, 1.807) is 0 Å². The minimum atomic E-state index is -0.683. The summed E-state index contributed by atoms with van der Waals surface area (Å²) >= 11 is 12.1. The van der Waals surface area contributed by atoms with Gasteiger partial charge in [-0.25, -0.2) is 0 Å². The molecule has 1 amide bonds. The van der Waals surface area contributed by atoms with Gasteiger partial charge in [0.25, 0.3) is 11.6 Å². The summed E-state index contributed by atoms with van der Waals surface area (Å²) in [7, 11) is 0. The second-order valence-corrected chi connectivity index (χ2v) is 7.38. The number of piperazine rings is 1. The van der Waals surface area contributed by atoms with E-state index in [2.05, 4.69) is 10.2 Å². The molecule has 0 bridgehead atoms. The van der Waals surface area contributed by atoms with Crippen LogP contribution in [-0.4, -0.2) is 41.9 Å². The fourth-order valence-electron chi connectivity index (χ4n) is 3.02. The quantitative estimate of drug-likeness (QED) is 0.322. The number of nitriles is 1. The molecule has 0 atom stereocenters. The summed E-state index contributed by atoms with van der Waals surface area (Å²) in [4.78, 5) is 26.9. The second kappa shape index (κ2) is 9.48. The van der Waals surface area contributed by atoms with Crippen molar-refractivity contribution in [2.45, 2.75) is 0 Å². The fraction of sp³-hybridized carbons (Fsp3) is 0.200. The average molecular weight is 446 g/mol. The van der Waals surface area contributed by atoms with Gasteiger partial charge >= 0.3 is 0 Å². The van der Waals surface area contributed by atoms with Gasteiger partial charge in [0.15, 0.2) is 0 Å². The van der Waals surface area contributed by atoms with E-state index < -0.39 is 10.8 Å². The lowest BCUT2D eigenvalue weighted by molar-refractivity contribution is -0.384. The van der Waals surface area contributed by atoms with Gasteiger partial charge in [-0.15, -0.1) is 0 Å². The highest BCUT2D eigenvalue weighted by atomic mass is 35.5. The van der Waals surface area contributed by atoms with Gasteiger partial charge in [0.1, 0.15) is 11.6 Å². The summed E-state index contributed by atoms with van der Waals surface area (Å²) in [5.41, 5.74) is 0.760. The number of nitrogens with zero attached hydrogens (tertiary/aromatic N) is 4. The zero-order valence-electron chi connectivity index (χ0n) is 15.7. The number of non-ortho nitro benzene ring substituents is 1. The molecule has 1 N–H and O–H groups in total. The van der Waals surface area contributed by atoms with E-state index in [0.29, 0.717) is 31.2 Å². The molecule has 1 saturated heterocycles. The minimum absolute atomic E-state index is 0.0720. The Labute approximate surface area is 183 Å². The monoisotopic (exact) mass is 445 g/mol. The number of nitrogens with one attached hydrogen (secondary N) is 1. The van der Waals surface area contributed by atoms with Crippen molar-refractivity contribution in [3.05, 3.63) is 74.4 Å². The Bertz CT molecular complexity index is 1040. The Balaban J connectivity index is 1.66. The number of nitro groups is 1. The molecule has 1 heterocycles. The van der Waals surface area contributed by atoms with Gasteiger partial charge in [-0.2, -0.15) is 5.26 Å². The summed E-state index contributed by atoms with van der Waals surface area (Å²) < 4.78 is 0. The molecule has 1 aliphatic heterocycles. The SMILES string of the molecule is N#C/C(=C/N1CCN(c2cccc(Cl)c2)CC1)C(=O)Nc1cc([N+](=O)[O-])ccc1Cl. The van der Waals surface area contributed by atoms with Crippen molar-refractivity contribution in [2.24, 2.45) is 0 Å². The Kier molecular flexibility index (Phi) is 6.77. The highest BCUT2D eigenvalue weighted by molar-refractivity contribution is 6.34. The molecule has 2 aromatic rings. The van der Waals surface area contributed by atoms with Gasteiger partial charge in [0, 0.05) is 55.2 Å². The lowest BCUT2D eigenvalue weighted by atomic mass is 10.2. The van der Waals surface area contributed by atoms with Gasteiger partial charge in [-0.1, -0.05) is 29.3 Å². The van der Waals surface area contributed by atoms with Crippen LogP contribution in [-0.2, 0) is 4.79 Å². The first-order valence-corrected chi connectivity index (χ1v) is 9.75. The van der Waals surface area contributed by atoms with Gasteiger partial charge in [-0.3, -0.25) is 14.9 Å². The minimum Gasteiger partial charge on any atom is -0.373 e. The molecule has 0 spiro atoms. The van der Waals surface area contributed by atoms with E-state index in [1.165, 1.54) is 18.3 Å². The largest absolute Gasteiger partial charge is 0.373 e. The third-order valence-corrected chi connectivity index (χ3v) is 5.14. The van der Waals surface area contributed by atoms with Crippen LogP contribution < -0.4 is 10.2 Å². The molecule has 1 aliphatic rings. The molecule has 0 aliphatic carbocycles. The number of anilines is 2. The maximum atomic E-state index is 12.5. The summed E-state index contributed by atoms with van der Waals surface area (Å²) in [6.45, 7) is 2.63. The van der Waals surface area contributed by atoms with E-state index in [9.17, 15) is 20.2 Å². The van der Waals surface area contributed by atoms with E-state index in [1.807, 2.05) is 35.2 Å². The van der Waals surface area contributed by atoms with Crippen molar-refractivity contribution in [3.63, 3.8) is 0 Å². The number of hydrogen-bond donors (Lipinski definition) is 1. The van der Waals surface area contributed by atoms with Crippen molar-refractivity contribution in [1.82, 2.24) is 4.90 Å². The van der Waals surface area contributed by atoms with Crippen molar-refractivity contribution in [3.8, 4) is 6.07 Å². The summed E-state index contributed by atoms with van der Waals surface area (Å²) in [6, 6.07) is 13.2. The molecular formula is C20H17Cl2N5O3. The Morgan fingerprint density at radius 1 is 1.17 bits per heavy atom. The number of carbonyl (C=O) groups excluding carboxylic acids is 1. The van der Waals surface area contributed by atoms with Crippen LogP contribution in [0.1, 0.15) is 0 Å². The second-order valence-electron chi connectivity index (χ2n) is 6.53. The predicted molar refractivity (Wildman–Crippen MR) is 116 cm³/mol. The Hall–Kier alpha value is -3.28. The highest BCUT2D eigenvalue weighted by Crippen LogP contribution is 2.27. The van der Waals surface area contributed by atoms with Crippen LogP contribution >= 0.6 is 23.2 Å². The van der Waals surface area contributed by atoms with Crippen LogP contribution in [0.4, 0.5) is 17.1 Å². The topological polar surface area (TPSA) is 103 Å². The third kappa shape index (κ3) is 5.20. The number of hydrogen-bond acceptors (Lipinski definition) is 6. The smallest absolute Gasteiger partial charge is 0.271 e. The molecule has 0 radical (unpaired) electrons. The third-order valence-electron chi connectivity index (χ3n) is 4.57. The average Bonchev–Trinajstić information content (AvgIpc) is 2.73. The van der Waals surface area contributed by atoms with Crippen LogP contribution in [0.3, 0.4) is 0 Å². The first kappa shape index (κ1) is 21.4. The molecule has 3 rings (SSSR count). The van der Waals surface area contributed by atoms with Crippen LogP contribution in [0.5, 0.6) is 0 Å². The molecule has 0 unspecified atom stereocenters. The van der Waals surface area contributed by atoms with E-state index in [-0.39, 0.29) is 22.0 Å². The van der Waals surface area contributed by atoms with Gasteiger partial charge in [0.2, 0.25) is 0 Å². The first-order valence-electron chi connectivity index (χ1n) is 8.99. The highest BCUT2D eigenvalue weighted by Gasteiger charge is 2.19. The summed E-state index contributed by atoms with van der Waals surface area (Å²) in [5, 5.41) is 23.6. The molecule has 1 fully saturated rings. The van der Waals surface area contributed by atoms with Gasteiger partial charge in [0.05, 0.1) is 15.6 Å². The molecule has 154 valence electrons. The van der Waals surface area contributed by atoms with E-state index >= 15 is 0 Å².